The fourth-order valence-corrected chi connectivity index (χ4v) is 0.714. The molecule has 0 unspecified atom stereocenters. The summed E-state index contributed by atoms with van der Waals surface area (Å²) in [7, 11) is 0. The third-order valence-corrected chi connectivity index (χ3v) is 1.19. The number of anilines is 1. The topological polar surface area (TPSA) is 51.8 Å². The average molecular weight is 177 g/mol. The molecule has 1 aromatic rings. The summed E-state index contributed by atoms with van der Waals surface area (Å²) in [6.07, 6.45) is -3.50. The zero-order valence-corrected chi connectivity index (χ0v) is 6.18. The van der Waals surface area contributed by atoms with E-state index in [0.717, 1.165) is 6.20 Å². The maximum atomic E-state index is 12.0. The highest BCUT2D eigenvalue weighted by Crippen LogP contribution is 2.30. The third-order valence-electron chi connectivity index (χ3n) is 1.19. The quantitative estimate of drug-likeness (QED) is 0.651. The Morgan fingerprint density at radius 2 is 2.00 bits per heavy atom. The lowest BCUT2D eigenvalue weighted by Gasteiger charge is -2.07. The number of nitrogens with two attached hydrogens (primary N) is 1. The Labute approximate surface area is 66.4 Å². The SMILES string of the molecule is Cc1cnc(C(F)(F)F)c(N)n1. The Morgan fingerprint density at radius 3 is 2.42 bits per heavy atom. The van der Waals surface area contributed by atoms with E-state index in [1.165, 1.54) is 6.92 Å². The van der Waals surface area contributed by atoms with Crippen LogP contribution in [-0.4, -0.2) is 9.97 Å². The van der Waals surface area contributed by atoms with Gasteiger partial charge in [-0.25, -0.2) is 9.97 Å². The second-order valence-electron chi connectivity index (χ2n) is 2.24. The summed E-state index contributed by atoms with van der Waals surface area (Å²) in [5.74, 6) is -0.581. The van der Waals surface area contributed by atoms with E-state index in [-0.39, 0.29) is 0 Å². The molecule has 0 aliphatic heterocycles. The molecule has 0 amide bonds. The highest BCUT2D eigenvalue weighted by molar-refractivity contribution is 5.36. The summed E-state index contributed by atoms with van der Waals surface area (Å²) in [4.78, 5) is 6.57. The van der Waals surface area contributed by atoms with Crippen LogP contribution in [0.1, 0.15) is 11.4 Å². The van der Waals surface area contributed by atoms with Gasteiger partial charge in [0.05, 0.1) is 5.69 Å². The van der Waals surface area contributed by atoms with Crippen molar-refractivity contribution in [2.75, 3.05) is 5.73 Å². The molecule has 3 nitrogen and oxygen atoms in total. The Hall–Kier alpha value is -1.33. The molecule has 2 N–H and O–H groups in total. The molecule has 0 aliphatic rings. The molecule has 66 valence electrons. The minimum Gasteiger partial charge on any atom is -0.382 e. The van der Waals surface area contributed by atoms with Crippen molar-refractivity contribution in [1.82, 2.24) is 9.97 Å². The summed E-state index contributed by atoms with van der Waals surface area (Å²) in [5.41, 5.74) is 4.24. The first kappa shape index (κ1) is 8.76. The molecule has 0 spiro atoms. The van der Waals surface area contributed by atoms with E-state index in [4.69, 9.17) is 5.73 Å². The molecule has 1 rings (SSSR count). The Balaban J connectivity index is 3.19. The first-order chi connectivity index (χ1) is 5.41. The molecule has 1 heterocycles. The largest absolute Gasteiger partial charge is 0.437 e. The van der Waals surface area contributed by atoms with Crippen LogP contribution in [0.3, 0.4) is 0 Å². The normalized spacial score (nSPS) is 11.7. The zero-order valence-electron chi connectivity index (χ0n) is 6.18. The van der Waals surface area contributed by atoms with Crippen molar-refractivity contribution >= 4 is 5.82 Å². The van der Waals surface area contributed by atoms with Gasteiger partial charge in [-0.2, -0.15) is 13.2 Å². The van der Waals surface area contributed by atoms with Crippen LogP contribution in [0.15, 0.2) is 6.20 Å². The van der Waals surface area contributed by atoms with Crippen LogP contribution in [0.2, 0.25) is 0 Å². The monoisotopic (exact) mass is 177 g/mol. The molecular formula is C6H6F3N3. The van der Waals surface area contributed by atoms with E-state index in [1.54, 1.807) is 0 Å². The maximum Gasteiger partial charge on any atom is 0.437 e. The van der Waals surface area contributed by atoms with Crippen LogP contribution in [-0.2, 0) is 6.18 Å². The lowest BCUT2D eigenvalue weighted by molar-refractivity contribution is -0.140. The number of nitrogen functional groups attached to an aromatic ring is 1. The number of hydrogen-bond donors (Lipinski definition) is 1. The van der Waals surface area contributed by atoms with E-state index < -0.39 is 17.7 Å². The van der Waals surface area contributed by atoms with Crippen molar-refractivity contribution in [3.8, 4) is 0 Å². The summed E-state index contributed by atoms with van der Waals surface area (Å²) in [5, 5.41) is 0. The van der Waals surface area contributed by atoms with Crippen LogP contribution >= 0.6 is 0 Å². The first-order valence-electron chi connectivity index (χ1n) is 3.07. The fraction of sp³-hybridized carbons (Fsp3) is 0.333. The van der Waals surface area contributed by atoms with Gasteiger partial charge in [0.1, 0.15) is 0 Å². The predicted octanol–water partition coefficient (Wildman–Crippen LogP) is 1.39. The molecular weight excluding hydrogens is 171 g/mol. The summed E-state index contributed by atoms with van der Waals surface area (Å²) in [6, 6.07) is 0. The van der Waals surface area contributed by atoms with Crippen molar-refractivity contribution in [2.24, 2.45) is 0 Å². The Morgan fingerprint density at radius 1 is 1.42 bits per heavy atom. The van der Waals surface area contributed by atoms with Crippen LogP contribution in [0.5, 0.6) is 0 Å². The van der Waals surface area contributed by atoms with Crippen molar-refractivity contribution < 1.29 is 13.2 Å². The molecule has 0 aliphatic carbocycles. The molecule has 1 aromatic heterocycles. The molecule has 6 heteroatoms. The van der Waals surface area contributed by atoms with Gasteiger partial charge in [-0.05, 0) is 6.92 Å². The standard InChI is InChI=1S/C6H6F3N3/c1-3-2-11-4(5(10)12-3)6(7,8)9/h2H,1H3,(H2,10,12). The average Bonchev–Trinajstić information content (AvgIpc) is 1.83. The van der Waals surface area contributed by atoms with Gasteiger partial charge in [-0.1, -0.05) is 0 Å². The van der Waals surface area contributed by atoms with Gasteiger partial charge >= 0.3 is 6.18 Å². The Kier molecular flexibility index (Phi) is 1.91. The minimum atomic E-state index is -4.52. The first-order valence-corrected chi connectivity index (χ1v) is 3.07. The second-order valence-corrected chi connectivity index (χ2v) is 2.24. The van der Waals surface area contributed by atoms with Crippen LogP contribution in [0, 0.1) is 6.92 Å². The second kappa shape index (κ2) is 2.62. The van der Waals surface area contributed by atoms with Crippen LogP contribution < -0.4 is 5.73 Å². The van der Waals surface area contributed by atoms with Crippen molar-refractivity contribution in [1.29, 1.82) is 0 Å². The number of aryl methyl sites for hydroxylation is 1. The number of alkyl halides is 3. The molecule has 0 saturated carbocycles. The number of hydrogen-bond acceptors (Lipinski definition) is 3. The van der Waals surface area contributed by atoms with Crippen molar-refractivity contribution in [2.45, 2.75) is 13.1 Å². The number of rotatable bonds is 0. The van der Waals surface area contributed by atoms with Crippen molar-refractivity contribution in [3.63, 3.8) is 0 Å². The minimum absolute atomic E-state index is 0.362. The lowest BCUT2D eigenvalue weighted by Crippen LogP contribution is -2.13. The number of aromatic nitrogens is 2. The van der Waals surface area contributed by atoms with Gasteiger partial charge in [-0.15, -0.1) is 0 Å². The number of halogens is 3. The molecule has 12 heavy (non-hydrogen) atoms. The van der Waals surface area contributed by atoms with E-state index in [1.807, 2.05) is 0 Å². The predicted molar refractivity (Wildman–Crippen MR) is 36.2 cm³/mol. The fourth-order valence-electron chi connectivity index (χ4n) is 0.714. The van der Waals surface area contributed by atoms with Gasteiger partial charge in [0.25, 0.3) is 0 Å². The van der Waals surface area contributed by atoms with Gasteiger partial charge in [0.15, 0.2) is 11.5 Å². The van der Waals surface area contributed by atoms with Gasteiger partial charge in [0, 0.05) is 6.20 Å². The molecule has 0 saturated heterocycles. The highest BCUT2D eigenvalue weighted by Gasteiger charge is 2.35. The zero-order chi connectivity index (χ0) is 9.35. The van der Waals surface area contributed by atoms with E-state index in [2.05, 4.69) is 9.97 Å². The van der Waals surface area contributed by atoms with Gasteiger partial charge < -0.3 is 5.73 Å². The number of nitrogens with zero attached hydrogens (tertiary/aromatic N) is 2. The van der Waals surface area contributed by atoms with E-state index in [0.29, 0.717) is 5.69 Å². The molecule has 0 fully saturated rings. The highest BCUT2D eigenvalue weighted by atomic mass is 19.4. The Bertz CT molecular complexity index is 295. The maximum absolute atomic E-state index is 12.0. The van der Waals surface area contributed by atoms with E-state index >= 15 is 0 Å². The summed E-state index contributed by atoms with van der Waals surface area (Å²) >= 11 is 0. The molecule has 0 radical (unpaired) electrons. The summed E-state index contributed by atoms with van der Waals surface area (Å²) in [6.45, 7) is 1.52. The lowest BCUT2D eigenvalue weighted by atomic mass is 10.4. The molecule has 0 atom stereocenters. The summed E-state index contributed by atoms with van der Waals surface area (Å²) < 4.78 is 36.0. The van der Waals surface area contributed by atoms with E-state index in [9.17, 15) is 13.2 Å². The molecule has 0 bridgehead atoms. The molecule has 0 aromatic carbocycles. The van der Waals surface area contributed by atoms with Crippen LogP contribution in [0.25, 0.3) is 0 Å². The van der Waals surface area contributed by atoms with Gasteiger partial charge in [0.2, 0.25) is 0 Å². The van der Waals surface area contributed by atoms with Crippen molar-refractivity contribution in [3.05, 3.63) is 17.6 Å². The third kappa shape index (κ3) is 1.63. The van der Waals surface area contributed by atoms with Gasteiger partial charge in [-0.3, -0.25) is 0 Å². The smallest absolute Gasteiger partial charge is 0.382 e. The van der Waals surface area contributed by atoms with Crippen LogP contribution in [0.4, 0.5) is 19.0 Å².